The number of likely N-dealkylation sites (tertiary alicyclic amines) is 2. The van der Waals surface area contributed by atoms with Gasteiger partial charge < -0.3 is 9.80 Å². The predicted molar refractivity (Wildman–Crippen MR) is 65.4 cm³/mol. The van der Waals surface area contributed by atoms with E-state index >= 15 is 0 Å². The highest BCUT2D eigenvalue weighted by Crippen LogP contribution is 2.24. The lowest BCUT2D eigenvalue weighted by Crippen LogP contribution is -2.54. The fourth-order valence-corrected chi connectivity index (χ4v) is 3.05. The SMILES string of the molecule is C[C@@H]1CCC[C@H](C)N1C(=O)N1CCCCC1. The Bertz CT molecular complexity index is 238. The van der Waals surface area contributed by atoms with Crippen molar-refractivity contribution in [1.29, 1.82) is 0 Å². The molecule has 2 amide bonds. The van der Waals surface area contributed by atoms with Crippen LogP contribution < -0.4 is 0 Å². The summed E-state index contributed by atoms with van der Waals surface area (Å²) in [4.78, 5) is 16.6. The Balaban J connectivity index is 2.00. The Morgan fingerprint density at radius 2 is 1.50 bits per heavy atom. The van der Waals surface area contributed by atoms with Crippen LogP contribution in [0, 0.1) is 0 Å². The van der Waals surface area contributed by atoms with Crippen LogP contribution in [0.25, 0.3) is 0 Å². The number of amides is 2. The molecular weight excluding hydrogens is 200 g/mol. The molecule has 0 aromatic carbocycles. The van der Waals surface area contributed by atoms with Gasteiger partial charge in [-0.05, 0) is 52.4 Å². The molecule has 0 aliphatic carbocycles. The lowest BCUT2D eigenvalue weighted by molar-refractivity contribution is 0.0871. The average molecular weight is 224 g/mol. The second-order valence-corrected chi connectivity index (χ2v) is 5.37. The molecule has 0 N–H and O–H groups in total. The van der Waals surface area contributed by atoms with Crippen molar-refractivity contribution < 1.29 is 4.79 Å². The number of piperidine rings is 2. The van der Waals surface area contributed by atoms with Crippen molar-refractivity contribution in [3.8, 4) is 0 Å². The molecule has 0 aromatic heterocycles. The molecule has 3 nitrogen and oxygen atoms in total. The van der Waals surface area contributed by atoms with Gasteiger partial charge in [-0.2, -0.15) is 0 Å². The molecule has 2 saturated heterocycles. The third-order valence-corrected chi connectivity index (χ3v) is 4.04. The van der Waals surface area contributed by atoms with E-state index in [1.165, 1.54) is 38.5 Å². The van der Waals surface area contributed by atoms with E-state index in [0.29, 0.717) is 18.1 Å². The normalized spacial score (nSPS) is 31.6. The molecule has 3 heteroatoms. The summed E-state index contributed by atoms with van der Waals surface area (Å²) in [6.07, 6.45) is 7.26. The van der Waals surface area contributed by atoms with Crippen molar-refractivity contribution in [1.82, 2.24) is 9.80 Å². The molecule has 0 radical (unpaired) electrons. The van der Waals surface area contributed by atoms with Crippen molar-refractivity contribution in [3.05, 3.63) is 0 Å². The van der Waals surface area contributed by atoms with Crippen LogP contribution >= 0.6 is 0 Å². The largest absolute Gasteiger partial charge is 0.325 e. The highest BCUT2D eigenvalue weighted by molar-refractivity contribution is 5.75. The van der Waals surface area contributed by atoms with Crippen LogP contribution in [0.1, 0.15) is 52.4 Å². The van der Waals surface area contributed by atoms with Gasteiger partial charge in [-0.1, -0.05) is 0 Å². The van der Waals surface area contributed by atoms with E-state index < -0.39 is 0 Å². The molecule has 0 unspecified atom stereocenters. The van der Waals surface area contributed by atoms with E-state index in [4.69, 9.17) is 0 Å². The second kappa shape index (κ2) is 5.07. The minimum Gasteiger partial charge on any atom is -0.325 e. The number of urea groups is 1. The third kappa shape index (κ3) is 2.33. The zero-order chi connectivity index (χ0) is 11.5. The maximum absolute atomic E-state index is 12.4. The van der Waals surface area contributed by atoms with Crippen LogP contribution in [0.5, 0.6) is 0 Å². The van der Waals surface area contributed by atoms with Gasteiger partial charge in [0.1, 0.15) is 0 Å². The van der Waals surface area contributed by atoms with E-state index in [0.717, 1.165) is 13.1 Å². The van der Waals surface area contributed by atoms with Gasteiger partial charge in [-0.3, -0.25) is 0 Å². The minimum absolute atomic E-state index is 0.291. The summed E-state index contributed by atoms with van der Waals surface area (Å²) in [5.41, 5.74) is 0. The van der Waals surface area contributed by atoms with Crippen LogP contribution in [0.4, 0.5) is 4.79 Å². The summed E-state index contributed by atoms with van der Waals surface area (Å²) in [6, 6.07) is 1.15. The van der Waals surface area contributed by atoms with Crippen LogP contribution in [0.2, 0.25) is 0 Å². The lowest BCUT2D eigenvalue weighted by atomic mass is 9.98. The maximum Gasteiger partial charge on any atom is 0.320 e. The first-order chi connectivity index (χ1) is 7.70. The highest BCUT2D eigenvalue weighted by Gasteiger charge is 2.32. The van der Waals surface area contributed by atoms with Crippen LogP contribution in [-0.4, -0.2) is 41.0 Å². The summed E-state index contributed by atoms with van der Waals surface area (Å²) in [7, 11) is 0. The average Bonchev–Trinajstić information content (AvgIpc) is 2.30. The molecule has 92 valence electrons. The first-order valence-electron chi connectivity index (χ1n) is 6.77. The Hall–Kier alpha value is -0.730. The van der Waals surface area contributed by atoms with E-state index in [9.17, 15) is 4.79 Å². The molecule has 0 spiro atoms. The smallest absolute Gasteiger partial charge is 0.320 e. The Morgan fingerprint density at radius 3 is 2.06 bits per heavy atom. The molecular formula is C13H24N2O. The number of rotatable bonds is 0. The monoisotopic (exact) mass is 224 g/mol. The summed E-state index contributed by atoms with van der Waals surface area (Å²) in [5.74, 6) is 0. The van der Waals surface area contributed by atoms with Gasteiger partial charge in [0.05, 0.1) is 0 Å². The number of hydrogen-bond donors (Lipinski definition) is 0. The summed E-state index contributed by atoms with van der Waals surface area (Å²) >= 11 is 0. The third-order valence-electron chi connectivity index (χ3n) is 4.04. The van der Waals surface area contributed by atoms with Gasteiger partial charge >= 0.3 is 6.03 Å². The van der Waals surface area contributed by atoms with Crippen LogP contribution in [0.15, 0.2) is 0 Å². The molecule has 2 heterocycles. The first kappa shape index (κ1) is 11.7. The molecule has 0 saturated carbocycles. The Labute approximate surface area is 98.8 Å². The summed E-state index contributed by atoms with van der Waals surface area (Å²) < 4.78 is 0. The van der Waals surface area contributed by atoms with E-state index in [1.54, 1.807) is 0 Å². The molecule has 2 fully saturated rings. The molecule has 0 bridgehead atoms. The molecule has 2 aliphatic heterocycles. The number of carbonyl (C=O) groups is 1. The quantitative estimate of drug-likeness (QED) is 0.620. The maximum atomic E-state index is 12.4. The van der Waals surface area contributed by atoms with Gasteiger partial charge in [-0.15, -0.1) is 0 Å². The Morgan fingerprint density at radius 1 is 0.938 bits per heavy atom. The van der Waals surface area contributed by atoms with Crippen molar-refractivity contribution in [3.63, 3.8) is 0 Å². The number of hydrogen-bond acceptors (Lipinski definition) is 1. The van der Waals surface area contributed by atoms with Crippen molar-refractivity contribution in [2.24, 2.45) is 0 Å². The molecule has 2 atom stereocenters. The fraction of sp³-hybridized carbons (Fsp3) is 0.923. The molecule has 0 aromatic rings. The Kier molecular flexibility index (Phi) is 3.72. The van der Waals surface area contributed by atoms with Gasteiger partial charge in [0.15, 0.2) is 0 Å². The summed E-state index contributed by atoms with van der Waals surface area (Å²) in [6.45, 7) is 6.32. The van der Waals surface area contributed by atoms with Gasteiger partial charge in [-0.25, -0.2) is 4.79 Å². The van der Waals surface area contributed by atoms with Crippen LogP contribution in [0.3, 0.4) is 0 Å². The first-order valence-corrected chi connectivity index (χ1v) is 6.77. The van der Waals surface area contributed by atoms with Crippen LogP contribution in [-0.2, 0) is 0 Å². The van der Waals surface area contributed by atoms with Crippen molar-refractivity contribution >= 4 is 6.03 Å². The molecule has 2 rings (SSSR count). The highest BCUT2D eigenvalue weighted by atomic mass is 16.2. The standard InChI is InChI=1S/C13H24N2O/c1-11-7-6-8-12(2)15(11)13(16)14-9-4-3-5-10-14/h11-12H,3-10H2,1-2H3/t11-,12+. The van der Waals surface area contributed by atoms with E-state index in [1.807, 2.05) is 0 Å². The number of carbonyl (C=O) groups excluding carboxylic acids is 1. The zero-order valence-electron chi connectivity index (χ0n) is 10.6. The van der Waals surface area contributed by atoms with Crippen molar-refractivity contribution in [2.75, 3.05) is 13.1 Å². The lowest BCUT2D eigenvalue weighted by Gasteiger charge is -2.42. The van der Waals surface area contributed by atoms with E-state index in [2.05, 4.69) is 23.6 Å². The van der Waals surface area contributed by atoms with Gasteiger partial charge in [0.25, 0.3) is 0 Å². The topological polar surface area (TPSA) is 23.6 Å². The van der Waals surface area contributed by atoms with Gasteiger partial charge in [0.2, 0.25) is 0 Å². The second-order valence-electron chi connectivity index (χ2n) is 5.37. The summed E-state index contributed by atoms with van der Waals surface area (Å²) in [5, 5.41) is 0. The fourth-order valence-electron chi connectivity index (χ4n) is 3.05. The van der Waals surface area contributed by atoms with Gasteiger partial charge in [0, 0.05) is 25.2 Å². The number of nitrogens with zero attached hydrogens (tertiary/aromatic N) is 2. The zero-order valence-corrected chi connectivity index (χ0v) is 10.6. The minimum atomic E-state index is 0.291. The van der Waals surface area contributed by atoms with E-state index in [-0.39, 0.29) is 0 Å². The molecule has 16 heavy (non-hydrogen) atoms. The van der Waals surface area contributed by atoms with Crippen molar-refractivity contribution in [2.45, 2.75) is 64.5 Å². The molecule has 2 aliphatic rings. The predicted octanol–water partition coefficient (Wildman–Crippen LogP) is 2.86.